The quantitative estimate of drug-likeness (QED) is 0.438. The number of aliphatic hydroxyl groups is 2. The summed E-state index contributed by atoms with van der Waals surface area (Å²) in [5, 5.41) is 25.6. The summed E-state index contributed by atoms with van der Waals surface area (Å²) in [6.07, 6.45) is 8.36. The van der Waals surface area contributed by atoms with E-state index in [4.69, 9.17) is 10.2 Å². The van der Waals surface area contributed by atoms with Crippen LogP contribution in [0.15, 0.2) is 49.1 Å². The van der Waals surface area contributed by atoms with Crippen molar-refractivity contribution in [2.45, 2.75) is 13.1 Å². The predicted molar refractivity (Wildman–Crippen MR) is 84.7 cm³/mol. The highest BCUT2D eigenvalue weighted by molar-refractivity contribution is 6.21. The highest BCUT2D eigenvalue weighted by Crippen LogP contribution is 2.32. The number of benzene rings is 2. The molecule has 2 N–H and O–H groups in total. The van der Waals surface area contributed by atoms with E-state index in [1.807, 2.05) is 9.13 Å². The van der Waals surface area contributed by atoms with E-state index >= 15 is 0 Å². The molecule has 0 aliphatic rings. The van der Waals surface area contributed by atoms with Crippen LogP contribution in [-0.4, -0.2) is 23.4 Å². The Morgan fingerprint density at radius 1 is 0.591 bits per heavy atom. The van der Waals surface area contributed by atoms with Crippen LogP contribution in [0.2, 0.25) is 0 Å². The van der Waals surface area contributed by atoms with Crippen LogP contribution in [0.5, 0.6) is 0 Å². The van der Waals surface area contributed by atoms with Gasteiger partial charge in [0.2, 0.25) is 0 Å². The maximum atomic E-state index is 9.16. The van der Waals surface area contributed by atoms with Gasteiger partial charge in [0.1, 0.15) is 13.2 Å². The minimum absolute atomic E-state index is 0.138. The Bertz CT molecular complexity index is 820. The molecule has 4 rings (SSSR count). The molecule has 2 aromatic carbocycles. The predicted octanol–water partition coefficient (Wildman–Crippen LogP) is 1.14. The van der Waals surface area contributed by atoms with Crippen LogP contribution in [0.25, 0.3) is 32.3 Å². The topological polar surface area (TPSA) is 48.2 Å². The number of aromatic nitrogens is 2. The normalized spacial score (nSPS) is 11.9. The van der Waals surface area contributed by atoms with Crippen molar-refractivity contribution in [2.75, 3.05) is 13.2 Å². The Kier molecular flexibility index (Phi) is 3.13. The van der Waals surface area contributed by atoms with E-state index in [0.717, 1.165) is 0 Å². The van der Waals surface area contributed by atoms with E-state index in [0.29, 0.717) is 13.1 Å². The minimum Gasteiger partial charge on any atom is -0.390 e. The van der Waals surface area contributed by atoms with Crippen LogP contribution in [0, 0.1) is 0 Å². The molecular formula is C18H18N2O2+2. The number of aliphatic hydroxyl groups excluding tert-OH is 2. The van der Waals surface area contributed by atoms with Crippen LogP contribution in [0.1, 0.15) is 0 Å². The molecule has 0 unspecified atom stereocenters. The van der Waals surface area contributed by atoms with Gasteiger partial charge < -0.3 is 10.2 Å². The summed E-state index contributed by atoms with van der Waals surface area (Å²) in [6, 6.07) is 8.51. The second-order valence-corrected chi connectivity index (χ2v) is 5.68. The van der Waals surface area contributed by atoms with Gasteiger partial charge in [-0.1, -0.05) is 0 Å². The van der Waals surface area contributed by atoms with Crippen LogP contribution in [0.3, 0.4) is 0 Å². The molecule has 0 aliphatic heterocycles. The lowest BCUT2D eigenvalue weighted by Crippen LogP contribution is -2.35. The first-order chi connectivity index (χ1) is 10.8. The SMILES string of the molecule is OCC[n+]1cc2ccc3c[n+](CCO)cc4ccc(c1)c2c34. The Labute approximate surface area is 127 Å². The fourth-order valence-electron chi connectivity index (χ4n) is 3.31. The number of nitrogens with zero attached hydrogens (tertiary/aromatic N) is 2. The molecule has 22 heavy (non-hydrogen) atoms. The standard InChI is InChI=1S/C18H18N2O2/c21-7-5-19-9-13-1-2-14-10-20(6-8-22)12-16-4-3-15(11-19)17(13)18(14)16/h1-4,9-12,21-22H,5-8H2/q+2. The van der Waals surface area contributed by atoms with Gasteiger partial charge in [-0.3, -0.25) is 0 Å². The molecule has 0 bridgehead atoms. The van der Waals surface area contributed by atoms with Crippen molar-refractivity contribution in [1.82, 2.24) is 0 Å². The second kappa shape index (κ2) is 5.16. The molecule has 0 saturated carbocycles. The molecular weight excluding hydrogens is 276 g/mol. The van der Waals surface area contributed by atoms with Crippen LogP contribution < -0.4 is 9.13 Å². The zero-order valence-electron chi connectivity index (χ0n) is 12.2. The molecule has 4 heteroatoms. The molecule has 0 atom stereocenters. The highest BCUT2D eigenvalue weighted by Gasteiger charge is 2.15. The van der Waals surface area contributed by atoms with E-state index < -0.39 is 0 Å². The van der Waals surface area contributed by atoms with Crippen molar-refractivity contribution >= 4 is 32.3 Å². The monoisotopic (exact) mass is 294 g/mol. The van der Waals surface area contributed by atoms with Crippen molar-refractivity contribution in [1.29, 1.82) is 0 Å². The fourth-order valence-corrected chi connectivity index (χ4v) is 3.31. The zero-order chi connectivity index (χ0) is 15.1. The Balaban J connectivity index is 2.07. The molecule has 0 aliphatic carbocycles. The second-order valence-electron chi connectivity index (χ2n) is 5.68. The summed E-state index contributed by atoms with van der Waals surface area (Å²) in [7, 11) is 0. The molecule has 0 amide bonds. The van der Waals surface area contributed by atoms with Gasteiger partial charge in [-0.05, 0) is 24.3 Å². The Morgan fingerprint density at radius 2 is 0.909 bits per heavy atom. The highest BCUT2D eigenvalue weighted by atomic mass is 16.3. The summed E-state index contributed by atoms with van der Waals surface area (Å²) in [5.41, 5.74) is 0. The van der Waals surface area contributed by atoms with Gasteiger partial charge in [0.05, 0.1) is 0 Å². The van der Waals surface area contributed by atoms with E-state index in [1.165, 1.54) is 32.3 Å². The lowest BCUT2D eigenvalue weighted by Gasteiger charge is -2.09. The average molecular weight is 294 g/mol. The van der Waals surface area contributed by atoms with Crippen molar-refractivity contribution in [3.05, 3.63) is 49.1 Å². The van der Waals surface area contributed by atoms with Crippen molar-refractivity contribution < 1.29 is 19.3 Å². The van der Waals surface area contributed by atoms with Gasteiger partial charge in [0.25, 0.3) is 0 Å². The third-order valence-corrected chi connectivity index (χ3v) is 4.23. The van der Waals surface area contributed by atoms with Crippen molar-refractivity contribution in [3.63, 3.8) is 0 Å². The van der Waals surface area contributed by atoms with E-state index in [-0.39, 0.29) is 13.2 Å². The summed E-state index contributed by atoms with van der Waals surface area (Å²) < 4.78 is 4.07. The maximum Gasteiger partial charge on any atom is 0.176 e. The lowest BCUT2D eigenvalue weighted by molar-refractivity contribution is -0.696. The first-order valence-corrected chi connectivity index (χ1v) is 7.52. The van der Waals surface area contributed by atoms with Crippen molar-refractivity contribution in [3.8, 4) is 0 Å². The first-order valence-electron chi connectivity index (χ1n) is 7.52. The van der Waals surface area contributed by atoms with E-state index in [2.05, 4.69) is 49.1 Å². The molecule has 2 heterocycles. The van der Waals surface area contributed by atoms with Crippen LogP contribution >= 0.6 is 0 Å². The van der Waals surface area contributed by atoms with Crippen molar-refractivity contribution in [2.24, 2.45) is 0 Å². The van der Waals surface area contributed by atoms with Gasteiger partial charge in [0, 0.05) is 32.3 Å². The average Bonchev–Trinajstić information content (AvgIpc) is 2.53. The van der Waals surface area contributed by atoms with Crippen LogP contribution in [0.4, 0.5) is 0 Å². The summed E-state index contributed by atoms with van der Waals surface area (Å²) >= 11 is 0. The number of hydrogen-bond donors (Lipinski definition) is 2. The number of hydrogen-bond acceptors (Lipinski definition) is 2. The van der Waals surface area contributed by atoms with Gasteiger partial charge in [-0.2, -0.15) is 0 Å². The van der Waals surface area contributed by atoms with Gasteiger partial charge >= 0.3 is 0 Å². The molecule has 2 aromatic heterocycles. The first kappa shape index (κ1) is 13.4. The van der Waals surface area contributed by atoms with Crippen LogP contribution in [-0.2, 0) is 13.1 Å². The molecule has 0 spiro atoms. The van der Waals surface area contributed by atoms with Gasteiger partial charge in [0.15, 0.2) is 37.9 Å². The summed E-state index contributed by atoms with van der Waals surface area (Å²) in [6.45, 7) is 1.48. The number of pyridine rings is 2. The lowest BCUT2D eigenvalue weighted by atomic mass is 9.97. The molecule has 0 saturated heterocycles. The zero-order valence-corrected chi connectivity index (χ0v) is 12.2. The summed E-state index contributed by atoms with van der Waals surface area (Å²) in [4.78, 5) is 0. The van der Waals surface area contributed by atoms with Gasteiger partial charge in [-0.15, -0.1) is 0 Å². The molecule has 110 valence electrons. The largest absolute Gasteiger partial charge is 0.390 e. The van der Waals surface area contributed by atoms with Gasteiger partial charge in [-0.25, -0.2) is 9.13 Å². The summed E-state index contributed by atoms with van der Waals surface area (Å²) in [5.74, 6) is 0. The Hall–Kier alpha value is -2.30. The smallest absolute Gasteiger partial charge is 0.176 e. The third kappa shape index (κ3) is 2.00. The molecule has 4 nitrogen and oxygen atoms in total. The Morgan fingerprint density at radius 3 is 1.18 bits per heavy atom. The fraction of sp³-hybridized carbons (Fsp3) is 0.222. The third-order valence-electron chi connectivity index (χ3n) is 4.23. The maximum absolute atomic E-state index is 9.16. The van der Waals surface area contributed by atoms with E-state index in [1.54, 1.807) is 0 Å². The minimum atomic E-state index is 0.138. The number of rotatable bonds is 4. The molecule has 0 radical (unpaired) electrons. The van der Waals surface area contributed by atoms with E-state index in [9.17, 15) is 0 Å². The molecule has 0 fully saturated rings. The molecule has 4 aromatic rings.